The first-order valence-electron chi connectivity index (χ1n) is 9.14. The molecule has 9 heteroatoms. The minimum atomic E-state index is 0.615. The van der Waals surface area contributed by atoms with E-state index >= 15 is 0 Å². The van der Waals surface area contributed by atoms with Crippen molar-refractivity contribution < 1.29 is 0 Å². The molecule has 0 aliphatic carbocycles. The summed E-state index contributed by atoms with van der Waals surface area (Å²) in [6, 6.07) is 3.95. The summed E-state index contributed by atoms with van der Waals surface area (Å²) >= 11 is 0. The summed E-state index contributed by atoms with van der Waals surface area (Å²) in [7, 11) is 0. The van der Waals surface area contributed by atoms with Gasteiger partial charge in [-0.2, -0.15) is 5.10 Å². The molecule has 0 unspecified atom stereocenters. The van der Waals surface area contributed by atoms with Gasteiger partial charge in [0, 0.05) is 56.5 Å². The van der Waals surface area contributed by atoms with E-state index < -0.39 is 0 Å². The van der Waals surface area contributed by atoms with Crippen LogP contribution in [0.4, 0.5) is 11.9 Å². The molecule has 3 aromatic rings. The Labute approximate surface area is 157 Å². The Balaban J connectivity index is 1.34. The maximum absolute atomic E-state index is 4.68. The third-order valence-corrected chi connectivity index (χ3v) is 4.37. The van der Waals surface area contributed by atoms with E-state index in [1.165, 1.54) is 5.69 Å². The summed E-state index contributed by atoms with van der Waals surface area (Å²) in [5, 5.41) is 11.0. The standard InChI is InChI=1S/C18H23N9/c1-2-19-17-22-9-14(10-23-17)12-26-6-7-27-16(13-26)8-15(25-27)11-24-18-20-4-3-5-21-18/h3-5,8-10H,2,6-7,11-13H2,1H3,(H,19,22,23)(H,20,21,24). The fourth-order valence-electron chi connectivity index (χ4n) is 3.11. The first-order valence-corrected chi connectivity index (χ1v) is 9.14. The van der Waals surface area contributed by atoms with E-state index in [1.54, 1.807) is 18.5 Å². The highest BCUT2D eigenvalue weighted by Crippen LogP contribution is 2.16. The lowest BCUT2D eigenvalue weighted by Crippen LogP contribution is -2.33. The molecule has 0 radical (unpaired) electrons. The number of aromatic nitrogens is 6. The van der Waals surface area contributed by atoms with Crippen LogP contribution < -0.4 is 10.6 Å². The zero-order valence-electron chi connectivity index (χ0n) is 15.3. The lowest BCUT2D eigenvalue weighted by atomic mass is 10.2. The molecule has 140 valence electrons. The number of nitrogens with zero attached hydrogens (tertiary/aromatic N) is 7. The van der Waals surface area contributed by atoms with E-state index in [4.69, 9.17) is 0 Å². The molecule has 4 rings (SSSR count). The normalized spacial score (nSPS) is 14.0. The van der Waals surface area contributed by atoms with Gasteiger partial charge in [-0.05, 0) is 19.1 Å². The molecule has 27 heavy (non-hydrogen) atoms. The van der Waals surface area contributed by atoms with Crippen molar-refractivity contribution in [3.8, 4) is 0 Å². The molecular formula is C18H23N9. The summed E-state index contributed by atoms with van der Waals surface area (Å²) in [6.07, 6.45) is 7.23. The molecule has 2 N–H and O–H groups in total. The molecule has 0 aromatic carbocycles. The Morgan fingerprint density at radius 2 is 1.78 bits per heavy atom. The third-order valence-electron chi connectivity index (χ3n) is 4.37. The van der Waals surface area contributed by atoms with Crippen molar-refractivity contribution in [2.75, 3.05) is 23.7 Å². The molecule has 0 saturated carbocycles. The fraction of sp³-hybridized carbons (Fsp3) is 0.389. The Morgan fingerprint density at radius 3 is 2.56 bits per heavy atom. The van der Waals surface area contributed by atoms with Crippen LogP contribution in [0, 0.1) is 0 Å². The number of nitrogens with one attached hydrogen (secondary N) is 2. The molecule has 1 aliphatic rings. The van der Waals surface area contributed by atoms with Crippen LogP contribution in [0.1, 0.15) is 23.9 Å². The highest BCUT2D eigenvalue weighted by atomic mass is 15.3. The van der Waals surface area contributed by atoms with Gasteiger partial charge in [-0.1, -0.05) is 0 Å². The van der Waals surface area contributed by atoms with Crippen molar-refractivity contribution in [2.24, 2.45) is 0 Å². The maximum Gasteiger partial charge on any atom is 0.222 e. The van der Waals surface area contributed by atoms with E-state index in [9.17, 15) is 0 Å². The molecule has 0 saturated heterocycles. The summed E-state index contributed by atoms with van der Waals surface area (Å²) in [6.45, 7) is 7.01. The number of fused-ring (bicyclic) bond motifs is 1. The predicted molar refractivity (Wildman–Crippen MR) is 102 cm³/mol. The van der Waals surface area contributed by atoms with Crippen LogP contribution in [-0.2, 0) is 26.2 Å². The predicted octanol–water partition coefficient (Wildman–Crippen LogP) is 1.52. The summed E-state index contributed by atoms with van der Waals surface area (Å²) < 4.78 is 2.09. The van der Waals surface area contributed by atoms with Crippen LogP contribution in [0.25, 0.3) is 0 Å². The van der Waals surface area contributed by atoms with E-state index in [-0.39, 0.29) is 0 Å². The van der Waals surface area contributed by atoms with Crippen LogP contribution in [0.15, 0.2) is 36.9 Å². The van der Waals surface area contributed by atoms with E-state index in [0.29, 0.717) is 18.4 Å². The van der Waals surface area contributed by atoms with Gasteiger partial charge in [0.15, 0.2) is 0 Å². The smallest absolute Gasteiger partial charge is 0.222 e. The number of hydrogen-bond acceptors (Lipinski definition) is 8. The molecule has 1 aliphatic heterocycles. The van der Waals surface area contributed by atoms with Crippen molar-refractivity contribution in [1.82, 2.24) is 34.6 Å². The van der Waals surface area contributed by atoms with Crippen LogP contribution in [0.3, 0.4) is 0 Å². The van der Waals surface area contributed by atoms with Gasteiger partial charge in [-0.3, -0.25) is 9.58 Å². The van der Waals surface area contributed by atoms with Gasteiger partial charge in [0.25, 0.3) is 0 Å². The first-order chi connectivity index (χ1) is 13.3. The Morgan fingerprint density at radius 1 is 1.00 bits per heavy atom. The summed E-state index contributed by atoms with van der Waals surface area (Å²) in [5.74, 6) is 1.30. The van der Waals surface area contributed by atoms with Crippen molar-refractivity contribution >= 4 is 11.9 Å². The van der Waals surface area contributed by atoms with Gasteiger partial charge in [0.2, 0.25) is 11.9 Å². The van der Waals surface area contributed by atoms with Crippen LogP contribution in [0.2, 0.25) is 0 Å². The molecule has 0 bridgehead atoms. The second-order valence-electron chi connectivity index (χ2n) is 6.43. The van der Waals surface area contributed by atoms with Crippen molar-refractivity contribution in [1.29, 1.82) is 0 Å². The molecule has 4 heterocycles. The Kier molecular flexibility index (Phi) is 5.20. The molecular weight excluding hydrogens is 342 g/mol. The van der Waals surface area contributed by atoms with Gasteiger partial charge < -0.3 is 10.6 Å². The van der Waals surface area contributed by atoms with Crippen LogP contribution >= 0.6 is 0 Å². The largest absolute Gasteiger partial charge is 0.355 e. The Hall–Kier alpha value is -3.07. The van der Waals surface area contributed by atoms with E-state index in [1.807, 2.05) is 19.3 Å². The van der Waals surface area contributed by atoms with Gasteiger partial charge >= 0.3 is 0 Å². The molecule has 0 fully saturated rings. The van der Waals surface area contributed by atoms with E-state index in [0.717, 1.165) is 44.0 Å². The first kappa shape index (κ1) is 17.3. The topological polar surface area (TPSA) is 96.7 Å². The summed E-state index contributed by atoms with van der Waals surface area (Å²) in [4.78, 5) is 19.4. The second-order valence-corrected chi connectivity index (χ2v) is 6.43. The van der Waals surface area contributed by atoms with Gasteiger partial charge in [0.1, 0.15) is 0 Å². The minimum Gasteiger partial charge on any atom is -0.355 e. The zero-order valence-corrected chi connectivity index (χ0v) is 15.3. The number of hydrogen-bond donors (Lipinski definition) is 2. The maximum atomic E-state index is 4.68. The van der Waals surface area contributed by atoms with Gasteiger partial charge in [-0.25, -0.2) is 19.9 Å². The zero-order chi connectivity index (χ0) is 18.5. The average molecular weight is 365 g/mol. The monoisotopic (exact) mass is 365 g/mol. The fourth-order valence-corrected chi connectivity index (χ4v) is 3.11. The van der Waals surface area contributed by atoms with Gasteiger partial charge in [-0.15, -0.1) is 0 Å². The van der Waals surface area contributed by atoms with Crippen molar-refractivity contribution in [3.05, 3.63) is 53.9 Å². The lowest BCUT2D eigenvalue weighted by molar-refractivity contribution is 0.204. The number of anilines is 2. The van der Waals surface area contributed by atoms with Crippen LogP contribution in [-0.4, -0.2) is 47.7 Å². The molecule has 0 amide bonds. The van der Waals surface area contributed by atoms with Crippen LogP contribution in [0.5, 0.6) is 0 Å². The van der Waals surface area contributed by atoms with Crippen molar-refractivity contribution in [3.63, 3.8) is 0 Å². The average Bonchev–Trinajstić information content (AvgIpc) is 3.11. The number of rotatable bonds is 7. The van der Waals surface area contributed by atoms with E-state index in [2.05, 4.69) is 51.3 Å². The lowest BCUT2D eigenvalue weighted by Gasteiger charge is -2.27. The van der Waals surface area contributed by atoms with Crippen molar-refractivity contribution in [2.45, 2.75) is 33.1 Å². The minimum absolute atomic E-state index is 0.615. The molecule has 0 spiro atoms. The third kappa shape index (κ3) is 4.37. The quantitative estimate of drug-likeness (QED) is 0.651. The highest BCUT2D eigenvalue weighted by Gasteiger charge is 2.18. The Bertz CT molecular complexity index is 860. The second kappa shape index (κ2) is 8.09. The highest BCUT2D eigenvalue weighted by molar-refractivity contribution is 5.25. The molecule has 0 atom stereocenters. The van der Waals surface area contributed by atoms with Gasteiger partial charge in [0.05, 0.1) is 24.5 Å². The molecule has 3 aromatic heterocycles. The SMILES string of the molecule is CCNc1ncc(CN2CCn3nc(CNc4ncccn4)cc3C2)cn1. The summed E-state index contributed by atoms with van der Waals surface area (Å²) in [5.41, 5.74) is 3.34. The molecule has 9 nitrogen and oxygen atoms in total.